The van der Waals surface area contributed by atoms with Crippen molar-refractivity contribution in [1.29, 1.82) is 0 Å². The normalized spacial score (nSPS) is 25.9. The van der Waals surface area contributed by atoms with Gasteiger partial charge in [0.25, 0.3) is 0 Å². The molecule has 94 valence electrons. The van der Waals surface area contributed by atoms with Gasteiger partial charge in [0.2, 0.25) is 0 Å². The molecule has 0 amide bonds. The van der Waals surface area contributed by atoms with E-state index >= 15 is 0 Å². The number of rotatable bonds is 7. The van der Waals surface area contributed by atoms with E-state index in [2.05, 4.69) is 13.8 Å². The number of ether oxygens (including phenoxy) is 4. The fourth-order valence-electron chi connectivity index (χ4n) is 1.82. The first-order valence-corrected chi connectivity index (χ1v) is 5.93. The van der Waals surface area contributed by atoms with Crippen LogP contribution in [0.1, 0.15) is 13.8 Å². The van der Waals surface area contributed by atoms with Gasteiger partial charge >= 0.3 is 0 Å². The summed E-state index contributed by atoms with van der Waals surface area (Å²) in [5.41, 5.74) is 0.488. The van der Waals surface area contributed by atoms with Crippen LogP contribution >= 0.6 is 0 Å². The van der Waals surface area contributed by atoms with Crippen LogP contribution in [0, 0.1) is 10.8 Å². The van der Waals surface area contributed by atoms with E-state index in [0.717, 1.165) is 39.6 Å². The van der Waals surface area contributed by atoms with Crippen molar-refractivity contribution in [2.45, 2.75) is 13.8 Å². The van der Waals surface area contributed by atoms with Crippen molar-refractivity contribution in [2.75, 3.05) is 52.9 Å². The zero-order valence-electron chi connectivity index (χ0n) is 10.3. The Labute approximate surface area is 97.2 Å². The van der Waals surface area contributed by atoms with Crippen LogP contribution in [0.2, 0.25) is 0 Å². The highest BCUT2D eigenvalue weighted by atomic mass is 16.5. The molecule has 0 atom stereocenters. The molecule has 2 aliphatic rings. The van der Waals surface area contributed by atoms with Crippen molar-refractivity contribution in [3.8, 4) is 0 Å². The Morgan fingerprint density at radius 1 is 0.812 bits per heavy atom. The predicted molar refractivity (Wildman–Crippen MR) is 59.5 cm³/mol. The Bertz CT molecular complexity index is 197. The molecule has 0 spiro atoms. The van der Waals surface area contributed by atoms with Crippen molar-refractivity contribution >= 4 is 0 Å². The van der Waals surface area contributed by atoms with Crippen LogP contribution in [0.4, 0.5) is 0 Å². The number of hydrogen-bond acceptors (Lipinski definition) is 4. The van der Waals surface area contributed by atoms with E-state index in [1.165, 1.54) is 0 Å². The summed E-state index contributed by atoms with van der Waals surface area (Å²) < 4.78 is 21.5. The molecule has 0 N–H and O–H groups in total. The van der Waals surface area contributed by atoms with Crippen LogP contribution < -0.4 is 0 Å². The van der Waals surface area contributed by atoms with E-state index in [1.807, 2.05) is 0 Å². The summed E-state index contributed by atoms with van der Waals surface area (Å²) in [5.74, 6) is 0. The van der Waals surface area contributed by atoms with Crippen molar-refractivity contribution in [1.82, 2.24) is 0 Å². The van der Waals surface area contributed by atoms with Gasteiger partial charge in [-0.15, -0.1) is 0 Å². The van der Waals surface area contributed by atoms with Gasteiger partial charge in [-0.1, -0.05) is 13.8 Å². The quantitative estimate of drug-likeness (QED) is 0.614. The second-order valence-electron chi connectivity index (χ2n) is 5.71. The second-order valence-corrected chi connectivity index (χ2v) is 5.71. The fraction of sp³-hybridized carbons (Fsp3) is 1.00. The second kappa shape index (κ2) is 5.00. The Hall–Kier alpha value is -0.160. The van der Waals surface area contributed by atoms with E-state index in [0.29, 0.717) is 13.2 Å². The summed E-state index contributed by atoms with van der Waals surface area (Å²) in [7, 11) is 0. The summed E-state index contributed by atoms with van der Waals surface area (Å²) in [6.45, 7) is 10.6. The number of hydrogen-bond donors (Lipinski definition) is 0. The van der Waals surface area contributed by atoms with Crippen LogP contribution in [0.3, 0.4) is 0 Å². The third-order valence-corrected chi connectivity index (χ3v) is 3.08. The summed E-state index contributed by atoms with van der Waals surface area (Å²) in [4.78, 5) is 0. The maximum atomic E-state index is 5.57. The van der Waals surface area contributed by atoms with Gasteiger partial charge in [-0.25, -0.2) is 0 Å². The first-order chi connectivity index (χ1) is 7.62. The molecule has 2 fully saturated rings. The van der Waals surface area contributed by atoms with Gasteiger partial charge in [-0.3, -0.25) is 0 Å². The third-order valence-electron chi connectivity index (χ3n) is 3.08. The molecular formula is C12H22O4. The van der Waals surface area contributed by atoms with E-state index in [9.17, 15) is 0 Å². The van der Waals surface area contributed by atoms with Gasteiger partial charge in [-0.05, 0) is 0 Å². The highest BCUT2D eigenvalue weighted by Gasteiger charge is 2.34. The molecule has 2 aliphatic heterocycles. The largest absolute Gasteiger partial charge is 0.380 e. The van der Waals surface area contributed by atoms with E-state index in [4.69, 9.17) is 18.9 Å². The standard InChI is InChI=1S/C12H22O4/c1-11(7-15-8-11)5-13-3-4-14-6-12(2)9-16-10-12/h3-10H2,1-2H3. The molecule has 0 radical (unpaired) electrons. The molecule has 0 saturated carbocycles. The maximum Gasteiger partial charge on any atom is 0.0700 e. The SMILES string of the molecule is CC1(COCCOCC2(C)COC2)COC1. The topological polar surface area (TPSA) is 36.9 Å². The average molecular weight is 230 g/mol. The lowest BCUT2D eigenvalue weighted by Gasteiger charge is -2.38. The third kappa shape index (κ3) is 3.17. The molecule has 0 unspecified atom stereocenters. The monoisotopic (exact) mass is 230 g/mol. The van der Waals surface area contributed by atoms with Crippen molar-refractivity contribution < 1.29 is 18.9 Å². The first-order valence-electron chi connectivity index (χ1n) is 5.93. The van der Waals surface area contributed by atoms with Gasteiger partial charge in [0.1, 0.15) is 0 Å². The molecule has 0 aliphatic carbocycles. The lowest BCUT2D eigenvalue weighted by Crippen LogP contribution is -2.44. The summed E-state index contributed by atoms with van der Waals surface area (Å²) in [6.07, 6.45) is 0. The molecule has 4 nitrogen and oxygen atoms in total. The molecule has 2 rings (SSSR count). The summed E-state index contributed by atoms with van der Waals surface area (Å²) in [5, 5.41) is 0. The van der Waals surface area contributed by atoms with Crippen LogP contribution in [-0.4, -0.2) is 52.9 Å². The summed E-state index contributed by atoms with van der Waals surface area (Å²) >= 11 is 0. The molecule has 4 heteroatoms. The minimum atomic E-state index is 0.244. The molecule has 0 aromatic rings. The Balaban J connectivity index is 1.43. The molecule has 2 heterocycles. The van der Waals surface area contributed by atoms with Gasteiger partial charge in [-0.2, -0.15) is 0 Å². The lowest BCUT2D eigenvalue weighted by atomic mass is 9.90. The van der Waals surface area contributed by atoms with Crippen molar-refractivity contribution in [3.63, 3.8) is 0 Å². The van der Waals surface area contributed by atoms with Gasteiger partial charge in [0, 0.05) is 10.8 Å². The fourth-order valence-corrected chi connectivity index (χ4v) is 1.82. The Morgan fingerprint density at radius 2 is 1.19 bits per heavy atom. The van der Waals surface area contributed by atoms with Crippen LogP contribution in [0.25, 0.3) is 0 Å². The smallest absolute Gasteiger partial charge is 0.0700 e. The molecule has 0 aromatic heterocycles. The van der Waals surface area contributed by atoms with Crippen LogP contribution in [0.5, 0.6) is 0 Å². The van der Waals surface area contributed by atoms with E-state index < -0.39 is 0 Å². The van der Waals surface area contributed by atoms with E-state index in [1.54, 1.807) is 0 Å². The van der Waals surface area contributed by atoms with Crippen LogP contribution in [-0.2, 0) is 18.9 Å². The Kier molecular flexibility index (Phi) is 3.85. The van der Waals surface area contributed by atoms with Crippen LogP contribution in [0.15, 0.2) is 0 Å². The maximum absolute atomic E-state index is 5.57. The predicted octanol–water partition coefficient (Wildman–Crippen LogP) is 1.09. The van der Waals surface area contributed by atoms with Crippen molar-refractivity contribution in [2.24, 2.45) is 10.8 Å². The first kappa shape index (κ1) is 12.3. The van der Waals surface area contributed by atoms with Gasteiger partial charge < -0.3 is 18.9 Å². The molecule has 0 bridgehead atoms. The lowest BCUT2D eigenvalue weighted by molar-refractivity contribution is -0.153. The zero-order valence-corrected chi connectivity index (χ0v) is 10.3. The molecular weight excluding hydrogens is 208 g/mol. The highest BCUT2D eigenvalue weighted by molar-refractivity contribution is 4.81. The molecule has 0 aromatic carbocycles. The summed E-state index contributed by atoms with van der Waals surface area (Å²) in [6, 6.07) is 0. The van der Waals surface area contributed by atoms with Gasteiger partial charge in [0.15, 0.2) is 0 Å². The molecule has 2 saturated heterocycles. The van der Waals surface area contributed by atoms with Crippen molar-refractivity contribution in [3.05, 3.63) is 0 Å². The zero-order chi connectivity index (χ0) is 11.5. The van der Waals surface area contributed by atoms with Gasteiger partial charge in [0.05, 0.1) is 52.9 Å². The Morgan fingerprint density at radius 3 is 1.44 bits per heavy atom. The average Bonchev–Trinajstić information content (AvgIpc) is 2.18. The molecule has 16 heavy (non-hydrogen) atoms. The highest BCUT2D eigenvalue weighted by Crippen LogP contribution is 2.27. The van der Waals surface area contributed by atoms with E-state index in [-0.39, 0.29) is 10.8 Å². The minimum absolute atomic E-state index is 0.244. The minimum Gasteiger partial charge on any atom is -0.380 e.